The summed E-state index contributed by atoms with van der Waals surface area (Å²) in [5.41, 5.74) is 3.44. The van der Waals surface area contributed by atoms with Gasteiger partial charge < -0.3 is 4.74 Å². The van der Waals surface area contributed by atoms with Gasteiger partial charge in [-0.25, -0.2) is 4.42 Å². The van der Waals surface area contributed by atoms with Gasteiger partial charge in [-0.1, -0.05) is 0 Å². The minimum atomic E-state index is -0.507. The Balaban J connectivity index is 1.37. The van der Waals surface area contributed by atoms with Gasteiger partial charge in [0.05, 0.1) is 37.4 Å². The number of hydrogen-bond donors (Lipinski definition) is 0. The van der Waals surface area contributed by atoms with Crippen LogP contribution < -0.4 is 0 Å². The van der Waals surface area contributed by atoms with Crippen LogP contribution in [-0.4, -0.2) is 19.7 Å². The highest BCUT2D eigenvalue weighted by atomic mass is 16.6. The van der Waals surface area contributed by atoms with Gasteiger partial charge in [-0.15, -0.1) is 0 Å². The number of nitrogens with zero attached hydrogens (tertiary/aromatic N) is 4. The zero-order chi connectivity index (χ0) is 36.1. The summed E-state index contributed by atoms with van der Waals surface area (Å²) < 4.78 is 12.3. The number of rotatable bonds is 10. The van der Waals surface area contributed by atoms with Crippen LogP contribution in [0.2, 0.25) is 0 Å². The van der Waals surface area contributed by atoms with Crippen LogP contribution in [0, 0.1) is 40.5 Å². The smallest absolute Gasteiger partial charge is 0.361 e. The number of benzene rings is 4. The van der Waals surface area contributed by atoms with Crippen LogP contribution in [0.25, 0.3) is 39.9 Å². The van der Waals surface area contributed by atoms with E-state index in [1.165, 1.54) is 48.5 Å². The summed E-state index contributed by atoms with van der Waals surface area (Å²) in [6.45, 7) is 0. The summed E-state index contributed by atoms with van der Waals surface area (Å²) in [5, 5.41) is 44.8. The molecule has 0 amide bonds. The number of nitro benzene ring substituents is 4. The van der Waals surface area contributed by atoms with Crippen LogP contribution >= 0.6 is 0 Å². The van der Waals surface area contributed by atoms with Gasteiger partial charge in [0.2, 0.25) is 0 Å². The van der Waals surface area contributed by atoms with Crippen molar-refractivity contribution in [3.05, 3.63) is 197 Å². The fourth-order valence-corrected chi connectivity index (χ4v) is 5.11. The lowest BCUT2D eigenvalue weighted by Crippen LogP contribution is -1.99. The number of nitro groups is 4. The second kappa shape index (κ2) is 14.2. The van der Waals surface area contributed by atoms with Crippen LogP contribution in [0.1, 0.15) is 16.9 Å². The molecular formula is C37H23N4O10+. The molecular weight excluding hydrogens is 660 g/mol. The van der Waals surface area contributed by atoms with Gasteiger partial charge in [-0.2, -0.15) is 0 Å². The van der Waals surface area contributed by atoms with Crippen molar-refractivity contribution in [2.24, 2.45) is 0 Å². The standard InChI is InChI=1S/C37H23N4O10/c42-38(43)30-12-4-24(5-13-30)28-20-34(50-36(22-28)26-8-16-32(17-9-26)40(46)47)2-1-3-35-21-29(25-6-14-31(15-7-25)39(44)45)23-37(51-35)27-10-18-33(19-11-27)41(48)49/h1-23H/q+1. The Hall–Kier alpha value is -7.61. The predicted molar refractivity (Wildman–Crippen MR) is 188 cm³/mol. The number of hydrogen-bond acceptors (Lipinski definition) is 9. The maximum Gasteiger partial charge on any atom is 0.361 e. The molecule has 0 saturated heterocycles. The fraction of sp³-hybridized carbons (Fsp3) is 0. The van der Waals surface area contributed by atoms with E-state index in [0.717, 1.165) is 0 Å². The molecule has 14 heteroatoms. The van der Waals surface area contributed by atoms with Crippen molar-refractivity contribution >= 4 is 40.2 Å². The zero-order valence-corrected chi connectivity index (χ0v) is 26.2. The Morgan fingerprint density at radius 3 is 1.45 bits per heavy atom. The van der Waals surface area contributed by atoms with Crippen molar-refractivity contribution in [1.82, 2.24) is 0 Å². The summed E-state index contributed by atoms with van der Waals surface area (Å²) in [6, 6.07) is 27.1. The highest BCUT2D eigenvalue weighted by molar-refractivity contribution is 5.86. The van der Waals surface area contributed by atoms with E-state index in [-0.39, 0.29) is 22.7 Å². The monoisotopic (exact) mass is 683 g/mol. The average molecular weight is 684 g/mol. The van der Waals surface area contributed by atoms with E-state index in [2.05, 4.69) is 0 Å². The van der Waals surface area contributed by atoms with Crippen LogP contribution in [0.3, 0.4) is 0 Å². The van der Waals surface area contributed by atoms with Crippen molar-refractivity contribution < 1.29 is 28.8 Å². The van der Waals surface area contributed by atoms with Crippen molar-refractivity contribution in [3.8, 4) is 22.5 Å². The van der Waals surface area contributed by atoms with Gasteiger partial charge in [0.1, 0.15) is 11.5 Å². The molecule has 1 aliphatic rings. The Morgan fingerprint density at radius 2 is 0.961 bits per heavy atom. The Labute approximate surface area is 287 Å². The van der Waals surface area contributed by atoms with Crippen molar-refractivity contribution in [1.29, 1.82) is 0 Å². The number of non-ortho nitro benzene ring substituents is 4. The average Bonchev–Trinajstić information content (AvgIpc) is 3.14. The molecule has 6 rings (SSSR count). The molecule has 51 heavy (non-hydrogen) atoms. The minimum Gasteiger partial charge on any atom is -0.457 e. The molecule has 1 aromatic heterocycles. The summed E-state index contributed by atoms with van der Waals surface area (Å²) in [6.07, 6.45) is 8.43. The van der Waals surface area contributed by atoms with Gasteiger partial charge in [0, 0.05) is 65.7 Å². The second-order valence-corrected chi connectivity index (χ2v) is 11.0. The Morgan fingerprint density at radius 1 is 0.510 bits per heavy atom. The molecule has 0 N–H and O–H groups in total. The normalized spacial score (nSPS) is 13.3. The molecule has 0 radical (unpaired) electrons. The van der Waals surface area contributed by atoms with Gasteiger partial charge in [0.15, 0.2) is 0 Å². The van der Waals surface area contributed by atoms with E-state index in [9.17, 15) is 40.5 Å². The molecule has 0 bridgehead atoms. The number of ether oxygens (including phenoxy) is 1. The molecule has 14 nitrogen and oxygen atoms in total. The van der Waals surface area contributed by atoms with Crippen LogP contribution in [0.5, 0.6) is 0 Å². The van der Waals surface area contributed by atoms with E-state index in [1.54, 1.807) is 91.0 Å². The van der Waals surface area contributed by atoms with Crippen LogP contribution in [0.4, 0.5) is 22.7 Å². The topological polar surface area (TPSA) is 193 Å². The molecule has 0 aliphatic carbocycles. The third-order valence-corrected chi connectivity index (χ3v) is 7.69. The molecule has 1 aliphatic heterocycles. The van der Waals surface area contributed by atoms with E-state index in [4.69, 9.17) is 9.15 Å². The van der Waals surface area contributed by atoms with E-state index >= 15 is 0 Å². The lowest BCUT2D eigenvalue weighted by Gasteiger charge is -2.18. The second-order valence-electron chi connectivity index (χ2n) is 11.0. The minimum absolute atomic E-state index is 0.0718. The largest absolute Gasteiger partial charge is 0.457 e. The highest BCUT2D eigenvalue weighted by Gasteiger charge is 2.20. The SMILES string of the molecule is O=[N+]([O-])c1ccc(C2=C/C(=C\C=C\c3cc(-c4ccc([N+](=O)[O-])cc4)cc(-c4ccc([N+](=O)[O-])cc4)[o+]3)OC(c3ccc([N+](=O)[O-])cc3)=C2)cc1. The van der Waals surface area contributed by atoms with Gasteiger partial charge >= 0.3 is 11.5 Å². The molecule has 0 atom stereocenters. The first-order valence-electron chi connectivity index (χ1n) is 15.0. The third-order valence-electron chi connectivity index (χ3n) is 7.69. The van der Waals surface area contributed by atoms with Crippen molar-refractivity contribution in [2.75, 3.05) is 0 Å². The summed E-state index contributed by atoms with van der Waals surface area (Å²) in [5.74, 6) is 1.51. The quantitative estimate of drug-likeness (QED) is 0.0777. The number of allylic oxidation sites excluding steroid dienone is 5. The van der Waals surface area contributed by atoms with Gasteiger partial charge in [-0.05, 0) is 89.5 Å². The molecule has 0 unspecified atom stereocenters. The zero-order valence-electron chi connectivity index (χ0n) is 26.2. The highest BCUT2D eigenvalue weighted by Crippen LogP contribution is 2.34. The lowest BCUT2D eigenvalue weighted by atomic mass is 10.00. The third kappa shape index (κ3) is 7.76. The maximum atomic E-state index is 11.2. The first kappa shape index (κ1) is 33.3. The summed E-state index contributed by atoms with van der Waals surface area (Å²) >= 11 is 0. The molecule has 5 aromatic rings. The maximum absolute atomic E-state index is 11.2. The Bertz CT molecular complexity index is 2230. The van der Waals surface area contributed by atoms with E-state index < -0.39 is 19.7 Å². The molecule has 4 aromatic carbocycles. The summed E-state index contributed by atoms with van der Waals surface area (Å²) in [4.78, 5) is 42.8. The van der Waals surface area contributed by atoms with E-state index in [1.807, 2.05) is 0 Å². The fourth-order valence-electron chi connectivity index (χ4n) is 5.11. The molecule has 0 spiro atoms. The predicted octanol–water partition coefficient (Wildman–Crippen LogP) is 9.58. The molecule has 0 saturated carbocycles. The van der Waals surface area contributed by atoms with Crippen molar-refractivity contribution in [2.45, 2.75) is 0 Å². The molecule has 250 valence electrons. The van der Waals surface area contributed by atoms with E-state index in [0.29, 0.717) is 56.4 Å². The van der Waals surface area contributed by atoms with Crippen molar-refractivity contribution in [3.63, 3.8) is 0 Å². The van der Waals surface area contributed by atoms with Crippen LogP contribution in [0.15, 0.2) is 144 Å². The molecule has 0 fully saturated rings. The summed E-state index contributed by atoms with van der Waals surface area (Å²) in [7, 11) is 0. The molecule has 2 heterocycles. The van der Waals surface area contributed by atoms with Gasteiger partial charge in [0.25, 0.3) is 22.7 Å². The van der Waals surface area contributed by atoms with Crippen LogP contribution in [-0.2, 0) is 4.74 Å². The first-order valence-corrected chi connectivity index (χ1v) is 15.0. The van der Waals surface area contributed by atoms with Gasteiger partial charge in [-0.3, -0.25) is 40.5 Å². The first-order chi connectivity index (χ1) is 24.5. The lowest BCUT2D eigenvalue weighted by molar-refractivity contribution is -0.385. The Kier molecular flexibility index (Phi) is 9.30.